The number of rotatable bonds is 8. The molecule has 0 saturated carbocycles. The van der Waals surface area contributed by atoms with Crippen LogP contribution in [0, 0.1) is 0 Å². The van der Waals surface area contributed by atoms with E-state index in [1.807, 2.05) is 25.1 Å². The summed E-state index contributed by atoms with van der Waals surface area (Å²) in [6, 6.07) is 5.53. The number of benzene rings is 1. The molecule has 0 aliphatic carbocycles. The monoisotopic (exact) mass is 374 g/mol. The van der Waals surface area contributed by atoms with Crippen LogP contribution in [0.15, 0.2) is 18.2 Å². The molecule has 0 spiro atoms. The molecule has 1 fully saturated rings. The average Bonchev–Trinajstić information content (AvgIpc) is 3.00. The van der Waals surface area contributed by atoms with Crippen LogP contribution in [0.2, 0.25) is 0 Å². The first-order chi connectivity index (χ1) is 13.0. The van der Waals surface area contributed by atoms with E-state index in [0.29, 0.717) is 29.6 Å². The summed E-state index contributed by atoms with van der Waals surface area (Å²) in [6.07, 6.45) is 0.501. The van der Waals surface area contributed by atoms with Crippen LogP contribution >= 0.6 is 0 Å². The average molecular weight is 374 g/mol. The van der Waals surface area contributed by atoms with E-state index in [2.05, 4.69) is 20.7 Å². The van der Waals surface area contributed by atoms with Gasteiger partial charge in [0.05, 0.1) is 26.3 Å². The molecule has 1 aromatic heterocycles. The maximum absolute atomic E-state index is 12.2. The molecule has 9 heteroatoms. The van der Waals surface area contributed by atoms with Gasteiger partial charge in [0, 0.05) is 19.5 Å². The Labute approximate surface area is 158 Å². The standard InChI is InChI=1S/C18H26N6O3/c1-11(19)18-22-16(7-12-4-5-14(26-2)15(6-12)27-3)23-24(18)10-17(25)21-13-8-20-9-13/h4-6,11,13,20H,7-10,19H2,1-3H3,(H,21,25)/t11-/m1/s1. The van der Waals surface area contributed by atoms with Gasteiger partial charge >= 0.3 is 0 Å². The number of ether oxygens (including phenoxy) is 2. The van der Waals surface area contributed by atoms with Crippen LogP contribution in [0.3, 0.4) is 0 Å². The van der Waals surface area contributed by atoms with Crippen LogP contribution < -0.4 is 25.8 Å². The topological polar surface area (TPSA) is 116 Å². The van der Waals surface area contributed by atoms with Gasteiger partial charge in [-0.15, -0.1) is 0 Å². The Hall–Kier alpha value is -2.65. The summed E-state index contributed by atoms with van der Waals surface area (Å²) < 4.78 is 12.2. The van der Waals surface area contributed by atoms with Gasteiger partial charge in [-0.1, -0.05) is 6.07 Å². The van der Waals surface area contributed by atoms with E-state index in [9.17, 15) is 4.79 Å². The normalized spacial score (nSPS) is 15.1. The largest absolute Gasteiger partial charge is 0.493 e. The third-order valence-electron chi connectivity index (χ3n) is 4.40. The molecule has 0 radical (unpaired) electrons. The maximum Gasteiger partial charge on any atom is 0.242 e. The molecule has 1 saturated heterocycles. The molecule has 0 unspecified atom stereocenters. The molecule has 1 atom stereocenters. The van der Waals surface area contributed by atoms with Gasteiger partial charge in [-0.05, 0) is 24.6 Å². The zero-order chi connectivity index (χ0) is 19.4. The van der Waals surface area contributed by atoms with Crippen molar-refractivity contribution in [3.05, 3.63) is 35.4 Å². The van der Waals surface area contributed by atoms with Crippen LogP contribution in [-0.4, -0.2) is 54.0 Å². The lowest BCUT2D eigenvalue weighted by Crippen LogP contribution is -2.57. The molecule has 1 amide bonds. The van der Waals surface area contributed by atoms with Gasteiger partial charge in [-0.3, -0.25) is 4.79 Å². The molecule has 0 bridgehead atoms. The Morgan fingerprint density at radius 2 is 2.11 bits per heavy atom. The number of nitrogens with two attached hydrogens (primary N) is 1. The van der Waals surface area contributed by atoms with E-state index >= 15 is 0 Å². The van der Waals surface area contributed by atoms with E-state index in [4.69, 9.17) is 15.2 Å². The fourth-order valence-corrected chi connectivity index (χ4v) is 2.90. The van der Waals surface area contributed by atoms with E-state index in [-0.39, 0.29) is 24.5 Å². The second-order valence-corrected chi connectivity index (χ2v) is 6.62. The summed E-state index contributed by atoms with van der Waals surface area (Å²) in [7, 11) is 3.19. The minimum atomic E-state index is -0.324. The Morgan fingerprint density at radius 1 is 1.37 bits per heavy atom. The molecule has 27 heavy (non-hydrogen) atoms. The molecule has 1 aliphatic rings. The second kappa shape index (κ2) is 8.36. The number of carbonyl (C=O) groups excluding carboxylic acids is 1. The Balaban J connectivity index is 1.75. The van der Waals surface area contributed by atoms with Crippen LogP contribution in [-0.2, 0) is 17.8 Å². The Morgan fingerprint density at radius 3 is 2.70 bits per heavy atom. The second-order valence-electron chi connectivity index (χ2n) is 6.62. The fraction of sp³-hybridized carbons (Fsp3) is 0.500. The first kappa shape index (κ1) is 19.1. The smallest absolute Gasteiger partial charge is 0.242 e. The van der Waals surface area contributed by atoms with E-state index < -0.39 is 0 Å². The Bertz CT molecular complexity index is 800. The van der Waals surface area contributed by atoms with Crippen LogP contribution in [0.5, 0.6) is 11.5 Å². The summed E-state index contributed by atoms with van der Waals surface area (Å²) in [5.74, 6) is 2.42. The highest BCUT2D eigenvalue weighted by Crippen LogP contribution is 2.28. The van der Waals surface area contributed by atoms with Crippen molar-refractivity contribution in [2.24, 2.45) is 5.73 Å². The summed E-state index contributed by atoms with van der Waals surface area (Å²) in [5, 5.41) is 10.6. The molecular weight excluding hydrogens is 348 g/mol. The SMILES string of the molecule is COc1ccc(Cc2nc([C@@H](C)N)n(CC(=O)NC3CNC3)n2)cc1OC. The van der Waals surface area contributed by atoms with Gasteiger partial charge in [0.15, 0.2) is 17.3 Å². The van der Waals surface area contributed by atoms with Gasteiger partial charge < -0.3 is 25.8 Å². The van der Waals surface area contributed by atoms with Crippen molar-refractivity contribution in [2.45, 2.75) is 32.0 Å². The zero-order valence-electron chi connectivity index (χ0n) is 15.9. The molecule has 1 aliphatic heterocycles. The predicted molar refractivity (Wildman–Crippen MR) is 99.8 cm³/mol. The van der Waals surface area contributed by atoms with Crippen molar-refractivity contribution in [3.8, 4) is 11.5 Å². The van der Waals surface area contributed by atoms with Gasteiger partial charge in [-0.2, -0.15) is 5.10 Å². The van der Waals surface area contributed by atoms with Crippen molar-refractivity contribution in [3.63, 3.8) is 0 Å². The summed E-state index contributed by atoms with van der Waals surface area (Å²) in [6.45, 7) is 3.53. The number of carbonyl (C=O) groups is 1. The molecule has 4 N–H and O–H groups in total. The summed E-state index contributed by atoms with van der Waals surface area (Å²) >= 11 is 0. The minimum Gasteiger partial charge on any atom is -0.493 e. The van der Waals surface area contributed by atoms with Gasteiger partial charge in [0.1, 0.15) is 12.4 Å². The first-order valence-electron chi connectivity index (χ1n) is 8.90. The highest BCUT2D eigenvalue weighted by Gasteiger charge is 2.21. The van der Waals surface area contributed by atoms with E-state index in [0.717, 1.165) is 18.7 Å². The molecule has 1 aromatic carbocycles. The number of amides is 1. The lowest BCUT2D eigenvalue weighted by Gasteiger charge is -2.27. The fourth-order valence-electron chi connectivity index (χ4n) is 2.90. The number of hydrogen-bond acceptors (Lipinski definition) is 7. The molecular formula is C18H26N6O3. The maximum atomic E-state index is 12.2. The number of hydrogen-bond donors (Lipinski definition) is 3. The van der Waals surface area contributed by atoms with Crippen molar-refractivity contribution in [1.82, 2.24) is 25.4 Å². The lowest BCUT2D eigenvalue weighted by atomic mass is 10.1. The first-order valence-corrected chi connectivity index (χ1v) is 8.90. The van der Waals surface area contributed by atoms with Crippen LogP contribution in [0.25, 0.3) is 0 Å². The molecule has 2 aromatic rings. The summed E-state index contributed by atoms with van der Waals surface area (Å²) in [4.78, 5) is 16.7. The predicted octanol–water partition coefficient (Wildman–Crippen LogP) is -0.00620. The van der Waals surface area contributed by atoms with Gasteiger partial charge in [-0.25, -0.2) is 9.67 Å². The number of nitrogens with zero attached hydrogens (tertiary/aromatic N) is 3. The van der Waals surface area contributed by atoms with Gasteiger partial charge in [0.2, 0.25) is 5.91 Å². The van der Waals surface area contributed by atoms with Crippen molar-refractivity contribution < 1.29 is 14.3 Å². The molecule has 2 heterocycles. The summed E-state index contributed by atoms with van der Waals surface area (Å²) in [5.41, 5.74) is 7.00. The highest BCUT2D eigenvalue weighted by atomic mass is 16.5. The third-order valence-corrected chi connectivity index (χ3v) is 4.40. The molecule has 9 nitrogen and oxygen atoms in total. The molecule has 146 valence electrons. The lowest BCUT2D eigenvalue weighted by molar-refractivity contribution is -0.122. The third kappa shape index (κ3) is 4.55. The molecule has 3 rings (SSSR count). The zero-order valence-corrected chi connectivity index (χ0v) is 15.9. The minimum absolute atomic E-state index is 0.0917. The van der Waals surface area contributed by atoms with E-state index in [1.165, 1.54) is 0 Å². The highest BCUT2D eigenvalue weighted by molar-refractivity contribution is 5.76. The Kier molecular flexibility index (Phi) is 5.92. The van der Waals surface area contributed by atoms with Gasteiger partial charge in [0.25, 0.3) is 0 Å². The van der Waals surface area contributed by atoms with Crippen LogP contribution in [0.1, 0.15) is 30.2 Å². The quantitative estimate of drug-likeness (QED) is 0.595. The number of methoxy groups -OCH3 is 2. The van der Waals surface area contributed by atoms with E-state index in [1.54, 1.807) is 18.9 Å². The van der Waals surface area contributed by atoms with Crippen molar-refractivity contribution in [1.29, 1.82) is 0 Å². The van der Waals surface area contributed by atoms with Crippen molar-refractivity contribution >= 4 is 5.91 Å². The number of aromatic nitrogens is 3. The van der Waals surface area contributed by atoms with Crippen molar-refractivity contribution in [2.75, 3.05) is 27.3 Å². The van der Waals surface area contributed by atoms with Crippen LogP contribution in [0.4, 0.5) is 0 Å². The number of nitrogens with one attached hydrogen (secondary N) is 2.